The largest absolute Gasteiger partial charge is 0.309 e. The Bertz CT molecular complexity index is 1720. The van der Waals surface area contributed by atoms with Crippen LogP contribution >= 0.6 is 11.3 Å². The van der Waals surface area contributed by atoms with Crippen molar-refractivity contribution in [3.8, 4) is 16.8 Å². The number of rotatable bonds is 2. The molecule has 0 unspecified atom stereocenters. The van der Waals surface area contributed by atoms with Gasteiger partial charge in [-0.15, -0.1) is 11.3 Å². The van der Waals surface area contributed by atoms with Gasteiger partial charge in [0.05, 0.1) is 11.0 Å². The van der Waals surface area contributed by atoms with Gasteiger partial charge in [0.15, 0.2) is 0 Å². The molecule has 0 bridgehead atoms. The van der Waals surface area contributed by atoms with Crippen LogP contribution in [0.25, 0.3) is 58.8 Å². The molecule has 7 rings (SSSR count). The summed E-state index contributed by atoms with van der Waals surface area (Å²) in [6.07, 6.45) is 0. The van der Waals surface area contributed by atoms with Gasteiger partial charge in [0.2, 0.25) is 0 Å². The summed E-state index contributed by atoms with van der Waals surface area (Å²) in [6.45, 7) is 0. The van der Waals surface area contributed by atoms with Crippen LogP contribution in [0.5, 0.6) is 0 Å². The van der Waals surface area contributed by atoms with Gasteiger partial charge in [-0.05, 0) is 47.5 Å². The number of aromatic nitrogens is 1. The second-order valence-electron chi connectivity index (χ2n) is 8.20. The maximum absolute atomic E-state index is 2.40. The lowest BCUT2D eigenvalue weighted by Gasteiger charge is -2.09. The zero-order valence-corrected chi connectivity index (χ0v) is 18.1. The molecule has 7 aromatic rings. The molecule has 2 heteroatoms. The number of para-hydroxylation sites is 2. The first-order chi connectivity index (χ1) is 15.9. The van der Waals surface area contributed by atoms with Gasteiger partial charge in [-0.3, -0.25) is 0 Å². The Labute approximate surface area is 189 Å². The van der Waals surface area contributed by atoms with Crippen molar-refractivity contribution in [2.45, 2.75) is 0 Å². The van der Waals surface area contributed by atoms with Crippen molar-refractivity contribution in [2.75, 3.05) is 0 Å². The van der Waals surface area contributed by atoms with E-state index in [1.54, 1.807) is 0 Å². The van der Waals surface area contributed by atoms with Crippen molar-refractivity contribution in [1.82, 2.24) is 4.57 Å². The van der Waals surface area contributed by atoms with E-state index in [2.05, 4.69) is 120 Å². The van der Waals surface area contributed by atoms with E-state index in [1.807, 2.05) is 11.3 Å². The van der Waals surface area contributed by atoms with Crippen molar-refractivity contribution >= 4 is 53.3 Å². The van der Waals surface area contributed by atoms with Crippen LogP contribution in [0.1, 0.15) is 0 Å². The Balaban J connectivity index is 1.58. The fourth-order valence-electron chi connectivity index (χ4n) is 5.01. The SMILES string of the molecule is c1ccc(-c2cccc3sc4ccc(-n5c6ccccc6c6ccccc65)cc4c23)cc1. The van der Waals surface area contributed by atoms with E-state index in [1.165, 1.54) is 58.8 Å². The van der Waals surface area contributed by atoms with Crippen molar-refractivity contribution in [1.29, 1.82) is 0 Å². The highest BCUT2D eigenvalue weighted by molar-refractivity contribution is 7.25. The molecule has 150 valence electrons. The van der Waals surface area contributed by atoms with E-state index in [4.69, 9.17) is 0 Å². The summed E-state index contributed by atoms with van der Waals surface area (Å²) in [6, 6.07) is 41.7. The van der Waals surface area contributed by atoms with Gasteiger partial charge in [0, 0.05) is 36.6 Å². The first-order valence-corrected chi connectivity index (χ1v) is 11.7. The molecular weight excluding hydrogens is 406 g/mol. The fraction of sp³-hybridized carbons (Fsp3) is 0. The highest BCUT2D eigenvalue weighted by Gasteiger charge is 2.15. The lowest BCUT2D eigenvalue weighted by molar-refractivity contribution is 1.19. The standard InChI is InChI=1S/C30H19NS/c1-2-9-20(10-3-1)22-13-8-16-29-30(22)25-19-21(17-18-28(25)32-29)31-26-14-6-4-11-23(26)24-12-5-7-15-27(24)31/h1-19H. The number of hydrogen-bond donors (Lipinski definition) is 0. The van der Waals surface area contributed by atoms with Gasteiger partial charge in [-0.2, -0.15) is 0 Å². The Morgan fingerprint density at radius 2 is 1.19 bits per heavy atom. The van der Waals surface area contributed by atoms with Crippen LogP contribution in [0, 0.1) is 0 Å². The number of nitrogens with zero attached hydrogens (tertiary/aromatic N) is 1. The van der Waals surface area contributed by atoms with E-state index >= 15 is 0 Å². The third-order valence-electron chi connectivity index (χ3n) is 6.40. The van der Waals surface area contributed by atoms with E-state index in [0.29, 0.717) is 0 Å². The molecule has 0 N–H and O–H groups in total. The molecule has 0 amide bonds. The highest BCUT2D eigenvalue weighted by Crippen LogP contribution is 2.41. The summed E-state index contributed by atoms with van der Waals surface area (Å²) in [5.41, 5.74) is 6.26. The second kappa shape index (κ2) is 6.81. The average Bonchev–Trinajstić information content (AvgIpc) is 3.40. The van der Waals surface area contributed by atoms with Crippen molar-refractivity contribution in [2.24, 2.45) is 0 Å². The monoisotopic (exact) mass is 425 g/mol. The molecule has 2 heterocycles. The van der Waals surface area contributed by atoms with E-state index < -0.39 is 0 Å². The molecular formula is C30H19NS. The zero-order valence-electron chi connectivity index (χ0n) is 17.3. The number of hydrogen-bond acceptors (Lipinski definition) is 1. The Hall–Kier alpha value is -3.88. The number of fused-ring (bicyclic) bond motifs is 6. The molecule has 0 fully saturated rings. The van der Waals surface area contributed by atoms with Gasteiger partial charge in [-0.25, -0.2) is 0 Å². The molecule has 0 saturated heterocycles. The Kier molecular flexibility index (Phi) is 3.78. The van der Waals surface area contributed by atoms with E-state index in [0.717, 1.165) is 0 Å². The van der Waals surface area contributed by atoms with Gasteiger partial charge < -0.3 is 4.57 Å². The van der Waals surface area contributed by atoms with Crippen LogP contribution in [-0.2, 0) is 0 Å². The van der Waals surface area contributed by atoms with Crippen molar-refractivity contribution < 1.29 is 0 Å². The topological polar surface area (TPSA) is 4.93 Å². The van der Waals surface area contributed by atoms with Crippen LogP contribution in [0.15, 0.2) is 115 Å². The maximum Gasteiger partial charge on any atom is 0.0541 e. The lowest BCUT2D eigenvalue weighted by Crippen LogP contribution is -1.93. The molecule has 0 spiro atoms. The van der Waals surface area contributed by atoms with Gasteiger partial charge in [0.1, 0.15) is 0 Å². The van der Waals surface area contributed by atoms with Crippen LogP contribution in [0.4, 0.5) is 0 Å². The van der Waals surface area contributed by atoms with E-state index in [-0.39, 0.29) is 0 Å². The summed E-state index contributed by atoms with van der Waals surface area (Å²) in [4.78, 5) is 0. The normalized spacial score (nSPS) is 11.8. The first-order valence-electron chi connectivity index (χ1n) is 10.9. The van der Waals surface area contributed by atoms with Crippen LogP contribution in [0.2, 0.25) is 0 Å². The second-order valence-corrected chi connectivity index (χ2v) is 9.28. The third-order valence-corrected chi connectivity index (χ3v) is 7.54. The molecule has 0 aliphatic rings. The van der Waals surface area contributed by atoms with Crippen molar-refractivity contribution in [3.63, 3.8) is 0 Å². The molecule has 32 heavy (non-hydrogen) atoms. The highest BCUT2D eigenvalue weighted by atomic mass is 32.1. The summed E-state index contributed by atoms with van der Waals surface area (Å²) >= 11 is 1.87. The molecule has 5 aromatic carbocycles. The third kappa shape index (κ3) is 2.50. The van der Waals surface area contributed by atoms with Gasteiger partial charge in [0.25, 0.3) is 0 Å². The molecule has 0 aliphatic carbocycles. The van der Waals surface area contributed by atoms with Gasteiger partial charge >= 0.3 is 0 Å². The fourth-order valence-corrected chi connectivity index (χ4v) is 6.13. The van der Waals surface area contributed by atoms with Crippen LogP contribution < -0.4 is 0 Å². The number of benzene rings is 5. The minimum Gasteiger partial charge on any atom is -0.309 e. The minimum atomic E-state index is 1.21. The average molecular weight is 426 g/mol. The van der Waals surface area contributed by atoms with Gasteiger partial charge in [-0.1, -0.05) is 78.9 Å². The maximum atomic E-state index is 2.40. The van der Waals surface area contributed by atoms with Crippen LogP contribution in [0.3, 0.4) is 0 Å². The summed E-state index contributed by atoms with van der Waals surface area (Å²) < 4.78 is 5.06. The Morgan fingerprint density at radius 3 is 1.94 bits per heavy atom. The quantitative estimate of drug-likeness (QED) is 0.261. The summed E-state index contributed by atoms with van der Waals surface area (Å²) in [5, 5.41) is 5.26. The minimum absolute atomic E-state index is 1.21. The lowest BCUT2D eigenvalue weighted by atomic mass is 9.99. The van der Waals surface area contributed by atoms with Crippen molar-refractivity contribution in [3.05, 3.63) is 115 Å². The Morgan fingerprint density at radius 1 is 0.500 bits per heavy atom. The number of thiophene rings is 1. The predicted octanol–water partition coefficient (Wildman–Crippen LogP) is 8.82. The smallest absolute Gasteiger partial charge is 0.0541 e. The molecule has 0 aliphatic heterocycles. The molecule has 0 saturated carbocycles. The zero-order chi connectivity index (χ0) is 21.1. The summed E-state index contributed by atoms with van der Waals surface area (Å²) in [7, 11) is 0. The van der Waals surface area contributed by atoms with E-state index in [9.17, 15) is 0 Å². The first kappa shape index (κ1) is 17.8. The molecule has 1 nitrogen and oxygen atoms in total. The molecule has 2 aromatic heterocycles. The predicted molar refractivity (Wildman–Crippen MR) is 139 cm³/mol. The van der Waals surface area contributed by atoms with Crippen LogP contribution in [-0.4, -0.2) is 4.57 Å². The molecule has 0 atom stereocenters. The molecule has 0 radical (unpaired) electrons. The summed E-state index contributed by atoms with van der Waals surface area (Å²) in [5.74, 6) is 0.